The van der Waals surface area contributed by atoms with Crippen molar-refractivity contribution in [3.8, 4) is 0 Å². The molecule has 0 saturated heterocycles. The van der Waals surface area contributed by atoms with E-state index >= 15 is 0 Å². The number of carbonyl (C=O) groups excluding carboxylic acids is 1. The molecule has 0 spiro atoms. The van der Waals surface area contributed by atoms with E-state index in [0.29, 0.717) is 0 Å². The first-order valence-corrected chi connectivity index (χ1v) is 6.57. The summed E-state index contributed by atoms with van der Waals surface area (Å²) in [6.07, 6.45) is 0. The largest absolute Gasteiger partial charge is 0.467 e. The summed E-state index contributed by atoms with van der Waals surface area (Å²) in [6, 6.07) is 8.04. The molecule has 0 radical (unpaired) electrons. The zero-order valence-corrected chi connectivity index (χ0v) is 11.6. The number of ether oxygens (including phenoxy) is 1. The number of thioether (sulfide) groups is 1. The number of hydrogen-bond donors (Lipinski definition) is 1. The van der Waals surface area contributed by atoms with Crippen molar-refractivity contribution in [2.45, 2.75) is 31.2 Å². The summed E-state index contributed by atoms with van der Waals surface area (Å²) >= 11 is 1.79. The normalized spacial score (nSPS) is 11.1. The summed E-state index contributed by atoms with van der Waals surface area (Å²) < 4.78 is 4.74. The van der Waals surface area contributed by atoms with Gasteiger partial charge in [-0.1, -0.05) is 6.92 Å². The van der Waals surface area contributed by atoms with Crippen LogP contribution in [0.15, 0.2) is 29.2 Å². The summed E-state index contributed by atoms with van der Waals surface area (Å²) in [6.45, 7) is 5.72. The highest BCUT2D eigenvalue weighted by Gasteiger charge is 2.28. The lowest BCUT2D eigenvalue weighted by atomic mass is 10.1. The Morgan fingerprint density at radius 3 is 2.41 bits per heavy atom. The first-order chi connectivity index (χ1) is 7.99. The molecule has 0 aliphatic carbocycles. The van der Waals surface area contributed by atoms with Crippen LogP contribution in [0, 0.1) is 0 Å². The third kappa shape index (κ3) is 3.97. The Kier molecular flexibility index (Phi) is 4.87. The molecule has 1 aromatic carbocycles. The summed E-state index contributed by atoms with van der Waals surface area (Å²) in [5.41, 5.74) is 0.203. The van der Waals surface area contributed by atoms with Gasteiger partial charge in [0.25, 0.3) is 0 Å². The average molecular weight is 253 g/mol. The lowest BCUT2D eigenvalue weighted by Crippen LogP contribution is -2.41. The van der Waals surface area contributed by atoms with E-state index in [0.717, 1.165) is 11.4 Å². The van der Waals surface area contributed by atoms with E-state index in [2.05, 4.69) is 12.2 Å². The third-order valence-corrected chi connectivity index (χ3v) is 3.21. The number of nitrogens with one attached hydrogen (secondary N) is 1. The number of anilines is 1. The van der Waals surface area contributed by atoms with Gasteiger partial charge in [-0.25, -0.2) is 4.79 Å². The molecule has 0 bridgehead atoms. The van der Waals surface area contributed by atoms with Crippen LogP contribution in [0.5, 0.6) is 0 Å². The summed E-state index contributed by atoms with van der Waals surface area (Å²) in [7, 11) is 1.40. The molecular weight excluding hydrogens is 234 g/mol. The van der Waals surface area contributed by atoms with Crippen molar-refractivity contribution in [1.82, 2.24) is 0 Å². The SMILES string of the molecule is CCSc1ccc(NC(C)(C)C(=O)OC)cc1. The van der Waals surface area contributed by atoms with Gasteiger partial charge in [0.1, 0.15) is 5.54 Å². The maximum Gasteiger partial charge on any atom is 0.330 e. The van der Waals surface area contributed by atoms with Crippen LogP contribution in [-0.4, -0.2) is 24.4 Å². The highest BCUT2D eigenvalue weighted by molar-refractivity contribution is 7.99. The Bertz CT molecular complexity index is 374. The summed E-state index contributed by atoms with van der Waals surface area (Å²) in [5, 5.41) is 3.15. The van der Waals surface area contributed by atoms with Crippen molar-refractivity contribution in [3.05, 3.63) is 24.3 Å². The molecule has 0 unspecified atom stereocenters. The summed E-state index contributed by atoms with van der Waals surface area (Å²) in [5.74, 6) is 0.782. The first-order valence-electron chi connectivity index (χ1n) is 5.59. The van der Waals surface area contributed by atoms with Gasteiger partial charge in [0.2, 0.25) is 0 Å². The van der Waals surface area contributed by atoms with E-state index in [4.69, 9.17) is 4.74 Å². The molecule has 94 valence electrons. The van der Waals surface area contributed by atoms with Crippen molar-refractivity contribution < 1.29 is 9.53 Å². The maximum atomic E-state index is 11.5. The minimum Gasteiger partial charge on any atom is -0.467 e. The molecule has 0 aromatic heterocycles. The Balaban J connectivity index is 2.71. The van der Waals surface area contributed by atoms with Crippen LogP contribution in [0.4, 0.5) is 5.69 Å². The maximum absolute atomic E-state index is 11.5. The van der Waals surface area contributed by atoms with E-state index in [1.54, 1.807) is 25.6 Å². The van der Waals surface area contributed by atoms with Gasteiger partial charge in [0.05, 0.1) is 7.11 Å². The molecular formula is C13H19NO2S. The Morgan fingerprint density at radius 2 is 1.94 bits per heavy atom. The predicted octanol–water partition coefficient (Wildman–Crippen LogP) is 3.16. The second-order valence-corrected chi connectivity index (χ2v) is 5.54. The number of esters is 1. The standard InChI is InChI=1S/C13H19NO2S/c1-5-17-11-8-6-10(7-9-11)14-13(2,3)12(15)16-4/h6-9,14H,5H2,1-4H3. The van der Waals surface area contributed by atoms with Gasteiger partial charge in [-0.15, -0.1) is 11.8 Å². The van der Waals surface area contributed by atoms with E-state index < -0.39 is 5.54 Å². The zero-order chi connectivity index (χ0) is 12.9. The molecule has 0 aliphatic heterocycles. The summed E-state index contributed by atoms with van der Waals surface area (Å²) in [4.78, 5) is 12.7. The van der Waals surface area contributed by atoms with E-state index in [1.165, 1.54) is 12.0 Å². The van der Waals surface area contributed by atoms with E-state index in [1.807, 2.05) is 24.3 Å². The highest BCUT2D eigenvalue weighted by Crippen LogP contribution is 2.22. The molecule has 0 atom stereocenters. The van der Waals surface area contributed by atoms with Crippen molar-refractivity contribution in [3.63, 3.8) is 0 Å². The quantitative estimate of drug-likeness (QED) is 0.646. The van der Waals surface area contributed by atoms with Crippen molar-refractivity contribution >= 4 is 23.4 Å². The molecule has 1 rings (SSSR count). The van der Waals surface area contributed by atoms with Crippen LogP contribution in [-0.2, 0) is 9.53 Å². The number of methoxy groups -OCH3 is 1. The van der Waals surface area contributed by atoms with Crippen LogP contribution in [0.1, 0.15) is 20.8 Å². The fourth-order valence-corrected chi connectivity index (χ4v) is 2.13. The van der Waals surface area contributed by atoms with Gasteiger partial charge in [-0.05, 0) is 43.9 Å². The third-order valence-electron chi connectivity index (χ3n) is 2.32. The zero-order valence-electron chi connectivity index (χ0n) is 10.7. The minimum atomic E-state index is -0.714. The number of rotatable bonds is 5. The van der Waals surface area contributed by atoms with E-state index in [9.17, 15) is 4.79 Å². The van der Waals surface area contributed by atoms with Crippen LogP contribution >= 0.6 is 11.8 Å². The first kappa shape index (κ1) is 13.9. The monoisotopic (exact) mass is 253 g/mol. The molecule has 0 aliphatic rings. The number of benzene rings is 1. The molecule has 4 heteroatoms. The van der Waals surface area contributed by atoms with Gasteiger partial charge in [-0.3, -0.25) is 0 Å². The van der Waals surface area contributed by atoms with Gasteiger partial charge in [-0.2, -0.15) is 0 Å². The molecule has 0 amide bonds. The topological polar surface area (TPSA) is 38.3 Å². The second-order valence-electron chi connectivity index (χ2n) is 4.20. The fraction of sp³-hybridized carbons (Fsp3) is 0.462. The van der Waals surface area contributed by atoms with Crippen LogP contribution < -0.4 is 5.32 Å². The predicted molar refractivity (Wildman–Crippen MR) is 72.6 cm³/mol. The molecule has 3 nitrogen and oxygen atoms in total. The van der Waals surface area contributed by atoms with Crippen LogP contribution in [0.25, 0.3) is 0 Å². The Hall–Kier alpha value is -1.16. The molecule has 1 aromatic rings. The van der Waals surface area contributed by atoms with E-state index in [-0.39, 0.29) is 5.97 Å². The number of carbonyl (C=O) groups is 1. The minimum absolute atomic E-state index is 0.274. The lowest BCUT2D eigenvalue weighted by molar-refractivity contribution is -0.144. The highest BCUT2D eigenvalue weighted by atomic mass is 32.2. The Labute approximate surface area is 107 Å². The van der Waals surface area contributed by atoms with Gasteiger partial charge >= 0.3 is 5.97 Å². The Morgan fingerprint density at radius 1 is 1.35 bits per heavy atom. The van der Waals surface area contributed by atoms with Crippen LogP contribution in [0.2, 0.25) is 0 Å². The second kappa shape index (κ2) is 5.96. The van der Waals surface area contributed by atoms with Crippen LogP contribution in [0.3, 0.4) is 0 Å². The van der Waals surface area contributed by atoms with Crippen molar-refractivity contribution in [1.29, 1.82) is 0 Å². The number of hydrogen-bond acceptors (Lipinski definition) is 4. The molecule has 17 heavy (non-hydrogen) atoms. The molecule has 0 saturated carbocycles. The molecule has 0 fully saturated rings. The average Bonchev–Trinajstić information content (AvgIpc) is 2.30. The molecule has 0 heterocycles. The smallest absolute Gasteiger partial charge is 0.330 e. The van der Waals surface area contributed by atoms with Gasteiger partial charge in [0.15, 0.2) is 0 Å². The van der Waals surface area contributed by atoms with Gasteiger partial charge < -0.3 is 10.1 Å². The lowest BCUT2D eigenvalue weighted by Gasteiger charge is -2.24. The van der Waals surface area contributed by atoms with Gasteiger partial charge in [0, 0.05) is 10.6 Å². The van der Waals surface area contributed by atoms with Crippen molar-refractivity contribution in [2.75, 3.05) is 18.2 Å². The molecule has 1 N–H and O–H groups in total. The van der Waals surface area contributed by atoms with Crippen molar-refractivity contribution in [2.24, 2.45) is 0 Å². The fourth-order valence-electron chi connectivity index (χ4n) is 1.47.